The first-order chi connectivity index (χ1) is 9.24. The van der Waals surface area contributed by atoms with Crippen LogP contribution >= 0.6 is 23.4 Å². The molecule has 0 unspecified atom stereocenters. The number of H-pyrrole nitrogens is 1. The molecule has 0 aliphatic heterocycles. The third kappa shape index (κ3) is 2.52. The molecule has 3 rings (SSSR count). The molecule has 0 aliphatic carbocycles. The van der Waals surface area contributed by atoms with E-state index in [1.165, 1.54) is 0 Å². The van der Waals surface area contributed by atoms with Crippen molar-refractivity contribution in [2.24, 2.45) is 0 Å². The van der Waals surface area contributed by atoms with Crippen molar-refractivity contribution < 1.29 is 0 Å². The Balaban J connectivity index is 1.86. The molecule has 0 bridgehead atoms. The lowest BCUT2D eigenvalue weighted by atomic mass is 10.2. The minimum Gasteiger partial charge on any atom is -0.290 e. The van der Waals surface area contributed by atoms with Gasteiger partial charge in [-0.05, 0) is 29.8 Å². The van der Waals surface area contributed by atoms with Crippen LogP contribution in [-0.4, -0.2) is 14.6 Å². The molecule has 1 aromatic carbocycles. The van der Waals surface area contributed by atoms with Crippen LogP contribution in [-0.2, 0) is 5.75 Å². The number of aromatic amines is 1. The smallest absolute Gasteiger partial charge is 0.288 e. The van der Waals surface area contributed by atoms with Crippen LogP contribution in [0.4, 0.5) is 0 Å². The Labute approximate surface area is 118 Å². The van der Waals surface area contributed by atoms with Gasteiger partial charge in [0, 0.05) is 17.0 Å². The normalized spacial score (nSPS) is 11.0. The van der Waals surface area contributed by atoms with E-state index in [-0.39, 0.29) is 5.56 Å². The highest BCUT2D eigenvalue weighted by atomic mass is 35.5. The van der Waals surface area contributed by atoms with Gasteiger partial charge in [-0.25, -0.2) is 5.10 Å². The van der Waals surface area contributed by atoms with Crippen molar-refractivity contribution in [3.63, 3.8) is 0 Å². The average molecular weight is 292 g/mol. The topological polar surface area (TPSA) is 50.2 Å². The molecule has 0 fully saturated rings. The van der Waals surface area contributed by atoms with Crippen molar-refractivity contribution in [3.8, 4) is 0 Å². The summed E-state index contributed by atoms with van der Waals surface area (Å²) in [5, 5.41) is 8.06. The Bertz CT molecular complexity index is 763. The van der Waals surface area contributed by atoms with Crippen LogP contribution in [0.1, 0.15) is 5.56 Å². The molecule has 0 saturated heterocycles. The Hall–Kier alpha value is -1.72. The summed E-state index contributed by atoms with van der Waals surface area (Å²) >= 11 is 7.41. The molecule has 6 heteroatoms. The van der Waals surface area contributed by atoms with Gasteiger partial charge in [0.1, 0.15) is 5.52 Å². The highest BCUT2D eigenvalue weighted by Crippen LogP contribution is 2.21. The number of nitrogens with one attached hydrogen (secondary N) is 1. The number of benzene rings is 1. The monoisotopic (exact) mass is 291 g/mol. The minimum atomic E-state index is -0.180. The second-order valence-corrected chi connectivity index (χ2v) is 5.39. The molecule has 0 spiro atoms. The number of thioether (sulfide) groups is 1. The number of fused-ring (bicyclic) bond motifs is 1. The summed E-state index contributed by atoms with van der Waals surface area (Å²) in [6.07, 6.45) is 1.84. The maximum Gasteiger partial charge on any atom is 0.288 e. The van der Waals surface area contributed by atoms with Gasteiger partial charge >= 0.3 is 0 Å². The van der Waals surface area contributed by atoms with E-state index in [2.05, 4.69) is 10.2 Å². The van der Waals surface area contributed by atoms with Crippen molar-refractivity contribution in [3.05, 3.63) is 63.5 Å². The fourth-order valence-electron chi connectivity index (χ4n) is 1.77. The maximum atomic E-state index is 11.5. The molecule has 0 saturated carbocycles. The lowest BCUT2D eigenvalue weighted by molar-refractivity contribution is 0.791. The first kappa shape index (κ1) is 12.3. The summed E-state index contributed by atoms with van der Waals surface area (Å²) in [4.78, 5) is 11.5. The summed E-state index contributed by atoms with van der Waals surface area (Å²) in [7, 11) is 0. The molecule has 19 heavy (non-hydrogen) atoms. The zero-order chi connectivity index (χ0) is 13.2. The number of halogens is 1. The summed E-state index contributed by atoms with van der Waals surface area (Å²) in [5.41, 5.74) is 1.58. The molecule has 4 nitrogen and oxygen atoms in total. The highest BCUT2D eigenvalue weighted by Gasteiger charge is 2.06. The van der Waals surface area contributed by atoms with Crippen LogP contribution in [0.25, 0.3) is 5.52 Å². The van der Waals surface area contributed by atoms with Crippen LogP contribution in [0.3, 0.4) is 0 Å². The molecule has 2 aromatic heterocycles. The van der Waals surface area contributed by atoms with Crippen LogP contribution in [0.2, 0.25) is 5.02 Å². The van der Waals surface area contributed by atoms with E-state index in [1.54, 1.807) is 22.2 Å². The van der Waals surface area contributed by atoms with Crippen molar-refractivity contribution in [2.75, 3.05) is 0 Å². The molecule has 3 aromatic rings. The lowest BCUT2D eigenvalue weighted by Crippen LogP contribution is -2.12. The van der Waals surface area contributed by atoms with E-state index in [9.17, 15) is 4.79 Å². The van der Waals surface area contributed by atoms with Gasteiger partial charge < -0.3 is 0 Å². The van der Waals surface area contributed by atoms with Crippen molar-refractivity contribution >= 4 is 28.9 Å². The van der Waals surface area contributed by atoms with Gasteiger partial charge in [0.05, 0.1) is 0 Å². The first-order valence-corrected chi connectivity index (χ1v) is 7.03. The number of hydrogen-bond donors (Lipinski definition) is 1. The fourth-order valence-corrected chi connectivity index (χ4v) is 2.80. The van der Waals surface area contributed by atoms with E-state index >= 15 is 0 Å². The van der Waals surface area contributed by atoms with Crippen molar-refractivity contribution in [2.45, 2.75) is 10.9 Å². The number of rotatable bonds is 3. The molecule has 0 atom stereocenters. The van der Waals surface area contributed by atoms with Gasteiger partial charge in [-0.3, -0.25) is 9.20 Å². The van der Waals surface area contributed by atoms with Crippen molar-refractivity contribution in [1.29, 1.82) is 0 Å². The average Bonchev–Trinajstić information content (AvgIpc) is 2.90. The third-order valence-corrected chi connectivity index (χ3v) is 4.00. The Morgan fingerprint density at radius 1 is 1.26 bits per heavy atom. The summed E-state index contributed by atoms with van der Waals surface area (Å²) < 4.78 is 1.79. The molecular formula is C13H10ClN3OS. The predicted molar refractivity (Wildman–Crippen MR) is 76.8 cm³/mol. The zero-order valence-electron chi connectivity index (χ0n) is 9.84. The zero-order valence-corrected chi connectivity index (χ0v) is 11.4. The summed E-state index contributed by atoms with van der Waals surface area (Å²) in [6, 6.07) is 11.3. The second-order valence-electron chi connectivity index (χ2n) is 4.01. The fraction of sp³-hybridized carbons (Fsp3) is 0.0769. The van der Waals surface area contributed by atoms with E-state index in [0.29, 0.717) is 5.52 Å². The molecule has 0 aliphatic rings. The predicted octanol–water partition coefficient (Wildman–Crippen LogP) is 2.97. The lowest BCUT2D eigenvalue weighted by Gasteiger charge is -2.04. The van der Waals surface area contributed by atoms with Gasteiger partial charge in [-0.1, -0.05) is 35.5 Å². The first-order valence-electron chi connectivity index (χ1n) is 5.67. The van der Waals surface area contributed by atoms with Crippen molar-refractivity contribution in [1.82, 2.24) is 14.6 Å². The van der Waals surface area contributed by atoms with Crippen LogP contribution in [0, 0.1) is 0 Å². The van der Waals surface area contributed by atoms with E-state index in [0.717, 1.165) is 21.5 Å². The van der Waals surface area contributed by atoms with Gasteiger partial charge in [0.25, 0.3) is 5.56 Å². The van der Waals surface area contributed by atoms with Crippen LogP contribution < -0.4 is 5.56 Å². The molecule has 1 N–H and O–H groups in total. The standard InChI is InChI=1S/C13H10ClN3OS/c14-10-5-3-9(4-6-10)8-19-13-16-15-12(18)11-2-1-7-17(11)13/h1-7H,8H2,(H,15,18). The summed E-state index contributed by atoms with van der Waals surface area (Å²) in [6.45, 7) is 0. The maximum absolute atomic E-state index is 11.5. The number of aromatic nitrogens is 3. The Morgan fingerprint density at radius 3 is 2.84 bits per heavy atom. The van der Waals surface area contributed by atoms with Gasteiger partial charge in [0.2, 0.25) is 0 Å². The molecule has 96 valence electrons. The summed E-state index contributed by atoms with van der Waals surface area (Å²) in [5.74, 6) is 0.767. The third-order valence-electron chi connectivity index (χ3n) is 2.72. The number of hydrogen-bond acceptors (Lipinski definition) is 3. The van der Waals surface area contributed by atoms with Gasteiger partial charge in [-0.2, -0.15) is 0 Å². The SMILES string of the molecule is O=c1[nH]nc(SCc2ccc(Cl)cc2)n2cccc12. The molecule has 2 heterocycles. The highest BCUT2D eigenvalue weighted by molar-refractivity contribution is 7.98. The van der Waals surface area contributed by atoms with Gasteiger partial charge in [-0.15, -0.1) is 5.10 Å². The largest absolute Gasteiger partial charge is 0.290 e. The number of nitrogens with zero attached hydrogens (tertiary/aromatic N) is 2. The molecular weight excluding hydrogens is 282 g/mol. The molecule has 0 radical (unpaired) electrons. The Kier molecular flexibility index (Phi) is 3.31. The minimum absolute atomic E-state index is 0.180. The van der Waals surface area contributed by atoms with E-state index in [4.69, 9.17) is 11.6 Å². The quantitative estimate of drug-likeness (QED) is 0.755. The Morgan fingerprint density at radius 2 is 2.05 bits per heavy atom. The second kappa shape index (κ2) is 5.11. The molecule has 0 amide bonds. The van der Waals surface area contributed by atoms with Gasteiger partial charge in [0.15, 0.2) is 5.16 Å². The van der Waals surface area contributed by atoms with Crippen LogP contribution in [0.5, 0.6) is 0 Å². The van der Waals surface area contributed by atoms with E-state index in [1.807, 2.05) is 36.5 Å². The van der Waals surface area contributed by atoms with Crippen LogP contribution in [0.15, 0.2) is 52.5 Å². The van der Waals surface area contributed by atoms with E-state index < -0.39 is 0 Å².